The van der Waals surface area contributed by atoms with Crippen LogP contribution in [0, 0.1) is 12.8 Å². The molecule has 1 fully saturated rings. The highest BCUT2D eigenvalue weighted by Gasteiger charge is 2.21. The molecule has 2 aromatic rings. The molecule has 2 heterocycles. The van der Waals surface area contributed by atoms with Gasteiger partial charge in [-0.1, -0.05) is 37.6 Å². The minimum Gasteiger partial charge on any atom is -0.348 e. The van der Waals surface area contributed by atoms with Crippen LogP contribution in [0.2, 0.25) is 5.15 Å². The number of halogens is 1. The Hall–Kier alpha value is -2.60. The number of benzene rings is 1. The molecule has 0 atom stereocenters. The van der Waals surface area contributed by atoms with Crippen LogP contribution in [0.15, 0.2) is 30.3 Å². The number of rotatable bonds is 7. The average molecular weight is 415 g/mol. The lowest BCUT2D eigenvalue weighted by molar-refractivity contribution is -0.117. The molecule has 154 valence electrons. The van der Waals surface area contributed by atoms with E-state index in [0.29, 0.717) is 24.0 Å². The van der Waals surface area contributed by atoms with Gasteiger partial charge in [0, 0.05) is 43.4 Å². The van der Waals surface area contributed by atoms with Gasteiger partial charge in [-0.05, 0) is 43.0 Å². The molecule has 1 saturated heterocycles. The molecular weight excluding hydrogens is 388 g/mol. The second-order valence-corrected chi connectivity index (χ2v) is 8.09. The number of amides is 2. The molecule has 0 bridgehead atoms. The standard InChI is InChI=1S/C22H27ClN4O2/c1-15(2)14-27-22(23)19(16(3)25-27)10-11-20(28)24-13-17-6-8-18(9-7-17)26-12-4-5-21(26)29/h6-11,15H,4-5,12-14H2,1-3H3,(H,24,28)/b11-10+. The SMILES string of the molecule is Cc1nn(CC(C)C)c(Cl)c1/C=C/C(=O)NCc1ccc(N2CCCC2=O)cc1. The van der Waals surface area contributed by atoms with Crippen molar-refractivity contribution < 1.29 is 9.59 Å². The fourth-order valence-electron chi connectivity index (χ4n) is 3.35. The van der Waals surface area contributed by atoms with Gasteiger partial charge in [-0.25, -0.2) is 0 Å². The molecule has 2 amide bonds. The van der Waals surface area contributed by atoms with Crippen LogP contribution in [-0.2, 0) is 22.7 Å². The molecule has 29 heavy (non-hydrogen) atoms. The third kappa shape index (κ3) is 5.26. The lowest BCUT2D eigenvalue weighted by Crippen LogP contribution is -2.23. The van der Waals surface area contributed by atoms with Crippen molar-refractivity contribution in [2.24, 2.45) is 5.92 Å². The van der Waals surface area contributed by atoms with Crippen LogP contribution in [0.3, 0.4) is 0 Å². The fourth-order valence-corrected chi connectivity index (χ4v) is 3.65. The van der Waals surface area contributed by atoms with E-state index in [-0.39, 0.29) is 11.8 Å². The molecule has 0 spiro atoms. The van der Waals surface area contributed by atoms with Crippen LogP contribution in [-0.4, -0.2) is 28.1 Å². The molecule has 1 aromatic heterocycles. The van der Waals surface area contributed by atoms with E-state index < -0.39 is 0 Å². The third-order valence-electron chi connectivity index (χ3n) is 4.84. The summed E-state index contributed by atoms with van der Waals surface area (Å²) in [6.07, 6.45) is 4.71. The molecule has 0 aliphatic carbocycles. The first kappa shape index (κ1) is 21.1. The first-order chi connectivity index (χ1) is 13.8. The predicted molar refractivity (Wildman–Crippen MR) is 116 cm³/mol. The number of nitrogens with zero attached hydrogens (tertiary/aromatic N) is 3. The van der Waals surface area contributed by atoms with Gasteiger partial charge >= 0.3 is 0 Å². The molecular formula is C22H27ClN4O2. The molecule has 6 nitrogen and oxygen atoms in total. The highest BCUT2D eigenvalue weighted by molar-refractivity contribution is 6.31. The quantitative estimate of drug-likeness (QED) is 0.697. The van der Waals surface area contributed by atoms with Gasteiger partial charge in [0.15, 0.2) is 0 Å². The van der Waals surface area contributed by atoms with Gasteiger partial charge in [0.05, 0.1) is 5.69 Å². The highest BCUT2D eigenvalue weighted by atomic mass is 35.5. The van der Waals surface area contributed by atoms with E-state index in [1.165, 1.54) is 6.08 Å². The largest absolute Gasteiger partial charge is 0.348 e. The number of aromatic nitrogens is 2. The summed E-state index contributed by atoms with van der Waals surface area (Å²) in [6, 6.07) is 7.71. The van der Waals surface area contributed by atoms with Crippen LogP contribution in [0.5, 0.6) is 0 Å². The maximum absolute atomic E-state index is 12.2. The predicted octanol–water partition coefficient (Wildman–Crippen LogP) is 3.96. The zero-order valence-electron chi connectivity index (χ0n) is 17.1. The topological polar surface area (TPSA) is 67.2 Å². The van der Waals surface area contributed by atoms with E-state index in [2.05, 4.69) is 24.3 Å². The number of hydrogen-bond donors (Lipinski definition) is 1. The fraction of sp³-hybridized carbons (Fsp3) is 0.409. The Morgan fingerprint density at radius 3 is 2.66 bits per heavy atom. The number of aryl methyl sites for hydroxylation is 1. The molecule has 0 radical (unpaired) electrons. The molecule has 1 N–H and O–H groups in total. The van der Waals surface area contributed by atoms with Crippen molar-refractivity contribution in [1.82, 2.24) is 15.1 Å². The van der Waals surface area contributed by atoms with Crippen LogP contribution in [0.1, 0.15) is 43.5 Å². The van der Waals surface area contributed by atoms with Crippen LogP contribution in [0.4, 0.5) is 5.69 Å². The molecule has 1 aliphatic rings. The van der Waals surface area contributed by atoms with Gasteiger partial charge in [0.1, 0.15) is 5.15 Å². The van der Waals surface area contributed by atoms with Crippen molar-refractivity contribution in [2.75, 3.05) is 11.4 Å². The molecule has 7 heteroatoms. The van der Waals surface area contributed by atoms with Crippen molar-refractivity contribution in [3.05, 3.63) is 52.3 Å². The minimum absolute atomic E-state index is 0.168. The van der Waals surface area contributed by atoms with E-state index >= 15 is 0 Å². The summed E-state index contributed by atoms with van der Waals surface area (Å²) in [5, 5.41) is 7.86. The molecule has 3 rings (SSSR count). The van der Waals surface area contributed by atoms with Crippen LogP contribution in [0.25, 0.3) is 6.08 Å². The molecule has 0 unspecified atom stereocenters. The molecule has 0 saturated carbocycles. The summed E-state index contributed by atoms with van der Waals surface area (Å²) in [5.41, 5.74) is 3.45. The smallest absolute Gasteiger partial charge is 0.244 e. The Kier molecular flexibility index (Phi) is 6.75. The van der Waals surface area contributed by atoms with Crippen molar-refractivity contribution in [3.8, 4) is 0 Å². The Labute approximate surface area is 176 Å². The second-order valence-electron chi connectivity index (χ2n) is 7.73. The summed E-state index contributed by atoms with van der Waals surface area (Å²) in [7, 11) is 0. The second kappa shape index (κ2) is 9.27. The Bertz CT molecular complexity index is 916. The van der Waals surface area contributed by atoms with E-state index in [1.54, 1.807) is 15.7 Å². The van der Waals surface area contributed by atoms with Crippen LogP contribution >= 0.6 is 11.6 Å². The lowest BCUT2D eigenvalue weighted by Gasteiger charge is -2.15. The van der Waals surface area contributed by atoms with Gasteiger partial charge in [-0.3, -0.25) is 14.3 Å². The normalized spacial score (nSPS) is 14.4. The summed E-state index contributed by atoms with van der Waals surface area (Å²) in [6.45, 7) is 8.01. The van der Waals surface area contributed by atoms with Crippen molar-refractivity contribution in [2.45, 2.75) is 46.7 Å². The highest BCUT2D eigenvalue weighted by Crippen LogP contribution is 2.23. The zero-order chi connectivity index (χ0) is 21.0. The van der Waals surface area contributed by atoms with Gasteiger partial charge in [0.2, 0.25) is 11.8 Å². The van der Waals surface area contributed by atoms with Crippen LogP contribution < -0.4 is 10.2 Å². The van der Waals surface area contributed by atoms with E-state index in [0.717, 1.165) is 42.0 Å². The van der Waals surface area contributed by atoms with Crippen molar-refractivity contribution >= 4 is 35.2 Å². The van der Waals surface area contributed by atoms with Crippen molar-refractivity contribution in [1.29, 1.82) is 0 Å². The maximum Gasteiger partial charge on any atom is 0.244 e. The van der Waals surface area contributed by atoms with Crippen molar-refractivity contribution in [3.63, 3.8) is 0 Å². The number of hydrogen-bond acceptors (Lipinski definition) is 3. The number of carbonyl (C=O) groups excluding carboxylic acids is 2. The summed E-state index contributed by atoms with van der Waals surface area (Å²) >= 11 is 6.40. The van der Waals surface area contributed by atoms with Gasteiger partial charge in [0.25, 0.3) is 0 Å². The van der Waals surface area contributed by atoms with Gasteiger partial charge < -0.3 is 10.2 Å². The lowest BCUT2D eigenvalue weighted by atomic mass is 10.2. The maximum atomic E-state index is 12.2. The Balaban J connectivity index is 1.56. The van der Waals surface area contributed by atoms with E-state index in [1.807, 2.05) is 31.2 Å². The third-order valence-corrected chi connectivity index (χ3v) is 5.24. The Morgan fingerprint density at radius 2 is 2.03 bits per heavy atom. The van der Waals surface area contributed by atoms with E-state index in [9.17, 15) is 9.59 Å². The summed E-state index contributed by atoms with van der Waals surface area (Å²) in [5.74, 6) is 0.402. The number of anilines is 1. The monoisotopic (exact) mass is 414 g/mol. The number of carbonyl (C=O) groups is 2. The van der Waals surface area contributed by atoms with Gasteiger partial charge in [-0.2, -0.15) is 5.10 Å². The summed E-state index contributed by atoms with van der Waals surface area (Å²) < 4.78 is 1.77. The average Bonchev–Trinajstić information content (AvgIpc) is 3.22. The summed E-state index contributed by atoms with van der Waals surface area (Å²) in [4.78, 5) is 25.8. The molecule has 1 aliphatic heterocycles. The first-order valence-electron chi connectivity index (χ1n) is 9.93. The minimum atomic E-state index is -0.198. The first-order valence-corrected chi connectivity index (χ1v) is 10.3. The van der Waals surface area contributed by atoms with Gasteiger partial charge in [-0.15, -0.1) is 0 Å². The zero-order valence-corrected chi connectivity index (χ0v) is 17.9. The number of nitrogens with one attached hydrogen (secondary N) is 1. The Morgan fingerprint density at radius 1 is 1.31 bits per heavy atom. The molecule has 1 aromatic carbocycles. The van der Waals surface area contributed by atoms with E-state index in [4.69, 9.17) is 11.6 Å².